The molecule has 0 aromatic carbocycles. The first kappa shape index (κ1) is 16.6. The zero-order valence-corrected chi connectivity index (χ0v) is 13.3. The Hall–Kier alpha value is -0.490. The number of halogens is 1. The average molecular weight is 331 g/mol. The van der Waals surface area contributed by atoms with Crippen LogP contribution in [0.3, 0.4) is 0 Å². The number of methoxy groups -OCH3 is 1. The topological polar surface area (TPSA) is 43.4 Å². The van der Waals surface area contributed by atoms with E-state index in [0.29, 0.717) is 19.3 Å². The van der Waals surface area contributed by atoms with Gasteiger partial charge < -0.3 is 14.8 Å². The molecule has 0 spiro atoms. The summed E-state index contributed by atoms with van der Waals surface area (Å²) >= 11 is 3.45. The molecule has 0 saturated carbocycles. The smallest absolute Gasteiger partial charge is 0.0700 e. The highest BCUT2D eigenvalue weighted by Gasteiger charge is 2.09. The summed E-state index contributed by atoms with van der Waals surface area (Å²) in [5, 5.41) is 3.49. The predicted molar refractivity (Wildman–Crippen MR) is 80.4 cm³/mol. The minimum atomic E-state index is 0.420. The fraction of sp³-hybridized carbons (Fsp3) is 0.643. The molecular formula is C14H23BrN2O2. The molecule has 1 N–H and O–H groups in total. The van der Waals surface area contributed by atoms with Crippen molar-refractivity contribution in [2.45, 2.75) is 25.8 Å². The van der Waals surface area contributed by atoms with Crippen LogP contribution >= 0.6 is 15.9 Å². The second-order valence-electron chi connectivity index (χ2n) is 4.36. The van der Waals surface area contributed by atoms with Crippen molar-refractivity contribution in [3.63, 3.8) is 0 Å². The predicted octanol–water partition coefficient (Wildman–Crippen LogP) is 2.42. The Kier molecular flexibility index (Phi) is 8.99. The van der Waals surface area contributed by atoms with Crippen LogP contribution in [-0.2, 0) is 15.9 Å². The van der Waals surface area contributed by atoms with E-state index in [1.165, 1.54) is 5.56 Å². The highest BCUT2D eigenvalue weighted by molar-refractivity contribution is 9.10. The van der Waals surface area contributed by atoms with Crippen LogP contribution in [0.25, 0.3) is 0 Å². The standard InChI is InChI=1S/C14H23BrN2O2/c1-3-17-14(4-5-19-7-6-18-2)9-12-8-13(15)11-16-10-12/h8,10-11,14,17H,3-7,9H2,1-2H3. The maximum absolute atomic E-state index is 5.52. The van der Waals surface area contributed by atoms with Crippen LogP contribution in [0.2, 0.25) is 0 Å². The lowest BCUT2D eigenvalue weighted by atomic mass is 10.1. The van der Waals surface area contributed by atoms with E-state index in [2.05, 4.69) is 39.2 Å². The Morgan fingerprint density at radius 3 is 2.84 bits per heavy atom. The first-order chi connectivity index (χ1) is 9.26. The summed E-state index contributed by atoms with van der Waals surface area (Å²) in [5.74, 6) is 0. The number of hydrogen-bond acceptors (Lipinski definition) is 4. The molecule has 1 atom stereocenters. The van der Waals surface area contributed by atoms with Crippen LogP contribution in [0.4, 0.5) is 0 Å². The normalized spacial score (nSPS) is 12.6. The van der Waals surface area contributed by atoms with Gasteiger partial charge in [-0.3, -0.25) is 4.98 Å². The van der Waals surface area contributed by atoms with Crippen LogP contribution in [-0.4, -0.2) is 44.5 Å². The van der Waals surface area contributed by atoms with E-state index in [0.717, 1.165) is 30.5 Å². The van der Waals surface area contributed by atoms with Crippen LogP contribution in [0.5, 0.6) is 0 Å². The summed E-state index contributed by atoms with van der Waals surface area (Å²) in [6.45, 7) is 5.15. The van der Waals surface area contributed by atoms with Crippen molar-refractivity contribution in [3.8, 4) is 0 Å². The van der Waals surface area contributed by atoms with Crippen molar-refractivity contribution in [2.24, 2.45) is 0 Å². The molecule has 1 heterocycles. The van der Waals surface area contributed by atoms with Crippen LogP contribution in [0.1, 0.15) is 18.9 Å². The van der Waals surface area contributed by atoms with Gasteiger partial charge in [-0.1, -0.05) is 6.92 Å². The number of hydrogen-bond donors (Lipinski definition) is 1. The lowest BCUT2D eigenvalue weighted by molar-refractivity contribution is 0.0659. The summed E-state index contributed by atoms with van der Waals surface area (Å²) in [4.78, 5) is 4.20. The fourth-order valence-electron chi connectivity index (χ4n) is 1.89. The van der Waals surface area contributed by atoms with Crippen molar-refractivity contribution in [1.82, 2.24) is 10.3 Å². The van der Waals surface area contributed by atoms with E-state index in [1.54, 1.807) is 13.3 Å². The maximum Gasteiger partial charge on any atom is 0.0700 e. The Morgan fingerprint density at radius 1 is 1.32 bits per heavy atom. The van der Waals surface area contributed by atoms with Crippen molar-refractivity contribution in [3.05, 3.63) is 28.5 Å². The number of aromatic nitrogens is 1. The van der Waals surface area contributed by atoms with Gasteiger partial charge in [-0.25, -0.2) is 0 Å². The van der Waals surface area contributed by atoms with Gasteiger partial charge in [0.2, 0.25) is 0 Å². The average Bonchev–Trinajstić information content (AvgIpc) is 2.38. The molecule has 1 aromatic heterocycles. The molecule has 4 nitrogen and oxygen atoms in total. The van der Waals surface area contributed by atoms with E-state index in [4.69, 9.17) is 9.47 Å². The van der Waals surface area contributed by atoms with E-state index in [9.17, 15) is 0 Å². The minimum Gasteiger partial charge on any atom is -0.382 e. The Labute approximate surface area is 124 Å². The number of ether oxygens (including phenoxy) is 2. The largest absolute Gasteiger partial charge is 0.382 e. The molecule has 1 unspecified atom stereocenters. The van der Waals surface area contributed by atoms with Gasteiger partial charge >= 0.3 is 0 Å². The monoisotopic (exact) mass is 330 g/mol. The van der Waals surface area contributed by atoms with Crippen molar-refractivity contribution < 1.29 is 9.47 Å². The number of rotatable bonds is 10. The van der Waals surface area contributed by atoms with Crippen LogP contribution < -0.4 is 5.32 Å². The van der Waals surface area contributed by atoms with Gasteiger partial charge in [-0.05, 0) is 46.9 Å². The number of nitrogens with one attached hydrogen (secondary N) is 1. The van der Waals surface area contributed by atoms with E-state index >= 15 is 0 Å². The third-order valence-electron chi connectivity index (χ3n) is 2.78. The van der Waals surface area contributed by atoms with E-state index in [1.807, 2.05) is 6.20 Å². The van der Waals surface area contributed by atoms with Gasteiger partial charge in [0.1, 0.15) is 0 Å². The van der Waals surface area contributed by atoms with Gasteiger partial charge in [0, 0.05) is 36.6 Å². The zero-order valence-electron chi connectivity index (χ0n) is 11.7. The second kappa shape index (κ2) is 10.3. The van der Waals surface area contributed by atoms with Crippen molar-refractivity contribution >= 4 is 15.9 Å². The van der Waals surface area contributed by atoms with E-state index < -0.39 is 0 Å². The molecule has 108 valence electrons. The van der Waals surface area contributed by atoms with E-state index in [-0.39, 0.29) is 0 Å². The summed E-state index contributed by atoms with van der Waals surface area (Å²) in [6, 6.07) is 2.53. The fourth-order valence-corrected chi connectivity index (χ4v) is 2.30. The van der Waals surface area contributed by atoms with Gasteiger partial charge in [0.05, 0.1) is 13.2 Å². The molecule has 0 radical (unpaired) electrons. The summed E-state index contributed by atoms with van der Waals surface area (Å²) in [7, 11) is 1.69. The van der Waals surface area contributed by atoms with Gasteiger partial charge in [-0.2, -0.15) is 0 Å². The van der Waals surface area contributed by atoms with Gasteiger partial charge in [0.25, 0.3) is 0 Å². The highest BCUT2D eigenvalue weighted by Crippen LogP contribution is 2.12. The first-order valence-electron chi connectivity index (χ1n) is 6.65. The molecular weight excluding hydrogens is 308 g/mol. The first-order valence-corrected chi connectivity index (χ1v) is 7.45. The SMILES string of the molecule is CCNC(CCOCCOC)Cc1cncc(Br)c1. The molecule has 0 aliphatic carbocycles. The third kappa shape index (κ3) is 7.62. The van der Waals surface area contributed by atoms with Crippen molar-refractivity contribution in [1.29, 1.82) is 0 Å². The molecule has 0 saturated heterocycles. The lowest BCUT2D eigenvalue weighted by Gasteiger charge is -2.18. The molecule has 0 aliphatic rings. The number of pyridine rings is 1. The summed E-state index contributed by atoms with van der Waals surface area (Å²) in [5.41, 5.74) is 1.23. The molecule has 0 amide bonds. The van der Waals surface area contributed by atoms with Gasteiger partial charge in [-0.15, -0.1) is 0 Å². The summed E-state index contributed by atoms with van der Waals surface area (Å²) in [6.07, 6.45) is 5.68. The molecule has 1 aromatic rings. The summed E-state index contributed by atoms with van der Waals surface area (Å²) < 4.78 is 11.5. The quantitative estimate of drug-likeness (QED) is 0.669. The second-order valence-corrected chi connectivity index (χ2v) is 5.28. The molecule has 0 bridgehead atoms. The Bertz CT molecular complexity index is 350. The molecule has 0 fully saturated rings. The van der Waals surface area contributed by atoms with Crippen LogP contribution in [0.15, 0.2) is 22.9 Å². The van der Waals surface area contributed by atoms with Crippen LogP contribution in [0, 0.1) is 0 Å². The highest BCUT2D eigenvalue weighted by atomic mass is 79.9. The van der Waals surface area contributed by atoms with Crippen molar-refractivity contribution in [2.75, 3.05) is 33.5 Å². The maximum atomic E-state index is 5.52. The molecule has 19 heavy (non-hydrogen) atoms. The minimum absolute atomic E-state index is 0.420. The Morgan fingerprint density at radius 2 is 2.16 bits per heavy atom. The molecule has 1 rings (SSSR count). The third-order valence-corrected chi connectivity index (χ3v) is 3.21. The molecule has 0 aliphatic heterocycles. The molecule has 5 heteroatoms. The Balaban J connectivity index is 2.35. The number of likely N-dealkylation sites (N-methyl/N-ethyl adjacent to an activating group) is 1. The van der Waals surface area contributed by atoms with Gasteiger partial charge in [0.15, 0.2) is 0 Å². The lowest BCUT2D eigenvalue weighted by Crippen LogP contribution is -2.32. The zero-order chi connectivity index (χ0) is 13.9. The number of nitrogens with zero attached hydrogens (tertiary/aromatic N) is 1.